The van der Waals surface area contributed by atoms with Crippen molar-refractivity contribution >= 4 is 39.6 Å². The zero-order valence-electron chi connectivity index (χ0n) is 12.6. The fraction of sp³-hybridized carbons (Fsp3) is 0.375. The van der Waals surface area contributed by atoms with Gasteiger partial charge in [-0.05, 0) is 40.9 Å². The zero-order chi connectivity index (χ0) is 16.4. The molecule has 6 nitrogen and oxygen atoms in total. The lowest BCUT2D eigenvalue weighted by atomic mass is 9.94. The summed E-state index contributed by atoms with van der Waals surface area (Å²) >= 11 is 3.32. The van der Waals surface area contributed by atoms with E-state index in [1.54, 1.807) is 30.8 Å². The first-order valence-corrected chi connectivity index (χ1v) is 8.29. The van der Waals surface area contributed by atoms with Crippen molar-refractivity contribution in [1.82, 2.24) is 10.3 Å². The van der Waals surface area contributed by atoms with Crippen LogP contribution >= 0.6 is 15.9 Å². The van der Waals surface area contributed by atoms with Crippen molar-refractivity contribution in [1.29, 1.82) is 0 Å². The number of nitrogens with zero attached hydrogens (tertiary/aromatic N) is 2. The molecule has 0 spiro atoms. The number of anilines is 1. The fourth-order valence-corrected chi connectivity index (χ4v) is 2.77. The molecule has 120 valence electrons. The predicted octanol–water partition coefficient (Wildman–Crippen LogP) is 2.28. The molecule has 2 atom stereocenters. The summed E-state index contributed by atoms with van der Waals surface area (Å²) in [5, 5.41) is 5.73. The number of hydrogen-bond donors (Lipinski definition) is 2. The van der Waals surface area contributed by atoms with Crippen LogP contribution in [0.15, 0.2) is 39.6 Å². The number of hydrogen-bond acceptors (Lipinski definition) is 4. The number of rotatable bonds is 4. The molecule has 1 fully saturated rings. The standard InChI is InChI=1S/C16H17BrN4O2/c1-9-13(16(23)20-12-6-11(17)7-18-8-12)4-5-19-14(9)21-15(22)10-2-3-10/h4-10,14H,2-3H2,1H3,(H,20,23)(H,21,22). The van der Waals surface area contributed by atoms with Gasteiger partial charge in [-0.3, -0.25) is 19.6 Å². The van der Waals surface area contributed by atoms with Crippen LogP contribution in [0.25, 0.3) is 0 Å². The smallest absolute Gasteiger partial charge is 0.252 e. The van der Waals surface area contributed by atoms with E-state index in [1.807, 2.05) is 6.92 Å². The Hall–Kier alpha value is -2.02. The molecule has 1 aromatic heterocycles. The number of amides is 2. The summed E-state index contributed by atoms with van der Waals surface area (Å²) in [5.74, 6) is -0.262. The topological polar surface area (TPSA) is 83.4 Å². The number of carbonyl (C=O) groups is 2. The fourth-order valence-electron chi connectivity index (χ4n) is 2.40. The molecule has 0 aromatic carbocycles. The number of allylic oxidation sites excluding steroid dienone is 1. The largest absolute Gasteiger partial charge is 0.334 e. The first kappa shape index (κ1) is 15.9. The van der Waals surface area contributed by atoms with Crippen LogP contribution in [0.5, 0.6) is 0 Å². The molecule has 1 saturated carbocycles. The molecule has 2 heterocycles. The number of aliphatic imine (C=N–C) groups is 1. The molecular formula is C16H17BrN4O2. The Bertz CT molecular complexity index is 697. The van der Waals surface area contributed by atoms with Gasteiger partial charge < -0.3 is 10.6 Å². The molecule has 1 aliphatic heterocycles. The number of halogens is 1. The van der Waals surface area contributed by atoms with Crippen LogP contribution in [-0.4, -0.2) is 29.2 Å². The van der Waals surface area contributed by atoms with E-state index in [2.05, 4.69) is 36.5 Å². The minimum Gasteiger partial charge on any atom is -0.334 e. The van der Waals surface area contributed by atoms with E-state index in [-0.39, 0.29) is 23.7 Å². The lowest BCUT2D eigenvalue weighted by molar-refractivity contribution is -0.123. The SMILES string of the molecule is CC1C(C(=O)Nc2cncc(Br)c2)=CC=NC1NC(=O)C1CC1. The van der Waals surface area contributed by atoms with Gasteiger partial charge in [-0.2, -0.15) is 0 Å². The van der Waals surface area contributed by atoms with Crippen molar-refractivity contribution in [2.75, 3.05) is 5.32 Å². The second-order valence-corrected chi connectivity index (χ2v) is 6.70. The van der Waals surface area contributed by atoms with E-state index in [4.69, 9.17) is 0 Å². The first-order valence-electron chi connectivity index (χ1n) is 7.50. The maximum absolute atomic E-state index is 12.5. The first-order chi connectivity index (χ1) is 11.0. The molecule has 0 radical (unpaired) electrons. The van der Waals surface area contributed by atoms with Gasteiger partial charge in [0.1, 0.15) is 6.17 Å². The Labute approximate surface area is 142 Å². The highest BCUT2D eigenvalue weighted by Gasteiger charge is 2.34. The Morgan fingerprint density at radius 2 is 2.09 bits per heavy atom. The minimum atomic E-state index is -0.394. The molecular weight excluding hydrogens is 360 g/mol. The molecule has 3 rings (SSSR count). The second kappa shape index (κ2) is 6.62. The quantitative estimate of drug-likeness (QED) is 0.845. The highest BCUT2D eigenvalue weighted by atomic mass is 79.9. The van der Waals surface area contributed by atoms with E-state index >= 15 is 0 Å². The lowest BCUT2D eigenvalue weighted by Gasteiger charge is -2.26. The van der Waals surface area contributed by atoms with E-state index in [0.29, 0.717) is 11.3 Å². The molecule has 0 bridgehead atoms. The van der Waals surface area contributed by atoms with Crippen LogP contribution in [0.3, 0.4) is 0 Å². The number of dihydropyridines is 1. The molecule has 1 aromatic rings. The monoisotopic (exact) mass is 376 g/mol. The van der Waals surface area contributed by atoms with E-state index in [1.165, 1.54) is 0 Å². The minimum absolute atomic E-state index is 0.0249. The van der Waals surface area contributed by atoms with Crippen LogP contribution < -0.4 is 10.6 Å². The van der Waals surface area contributed by atoms with Crippen LogP contribution in [-0.2, 0) is 9.59 Å². The molecule has 7 heteroatoms. The normalized spacial score (nSPS) is 23.1. The van der Waals surface area contributed by atoms with E-state index in [0.717, 1.165) is 17.3 Å². The summed E-state index contributed by atoms with van der Waals surface area (Å²) in [6.07, 6.45) is 7.98. The van der Waals surface area contributed by atoms with E-state index in [9.17, 15) is 9.59 Å². The highest BCUT2D eigenvalue weighted by molar-refractivity contribution is 9.10. The van der Waals surface area contributed by atoms with Gasteiger partial charge in [0.2, 0.25) is 5.91 Å². The van der Waals surface area contributed by atoms with Crippen molar-refractivity contribution in [2.45, 2.75) is 25.9 Å². The maximum Gasteiger partial charge on any atom is 0.252 e. The molecule has 2 aliphatic rings. The van der Waals surface area contributed by atoms with E-state index < -0.39 is 6.17 Å². The van der Waals surface area contributed by atoms with Crippen LogP contribution in [0.4, 0.5) is 5.69 Å². The average Bonchev–Trinajstić information content (AvgIpc) is 3.34. The number of nitrogens with one attached hydrogen (secondary N) is 2. The summed E-state index contributed by atoms with van der Waals surface area (Å²) in [6.45, 7) is 1.89. The average molecular weight is 377 g/mol. The summed E-state index contributed by atoms with van der Waals surface area (Å²) in [7, 11) is 0. The summed E-state index contributed by atoms with van der Waals surface area (Å²) < 4.78 is 0.789. The Kier molecular flexibility index (Phi) is 4.56. The van der Waals surface area contributed by atoms with Gasteiger partial charge >= 0.3 is 0 Å². The third kappa shape index (κ3) is 3.85. The van der Waals surface area contributed by atoms with Crippen LogP contribution in [0.1, 0.15) is 19.8 Å². The summed E-state index contributed by atoms with van der Waals surface area (Å²) in [6, 6.07) is 1.78. The Morgan fingerprint density at radius 3 is 2.78 bits per heavy atom. The summed E-state index contributed by atoms with van der Waals surface area (Å²) in [4.78, 5) is 32.7. The zero-order valence-corrected chi connectivity index (χ0v) is 14.2. The highest BCUT2D eigenvalue weighted by Crippen LogP contribution is 2.30. The van der Waals surface area contributed by atoms with Crippen molar-refractivity contribution < 1.29 is 9.59 Å². The van der Waals surface area contributed by atoms with Crippen molar-refractivity contribution in [3.63, 3.8) is 0 Å². The lowest BCUT2D eigenvalue weighted by Crippen LogP contribution is -2.42. The molecule has 2 amide bonds. The van der Waals surface area contributed by atoms with Crippen molar-refractivity contribution in [3.05, 3.63) is 34.6 Å². The van der Waals surface area contributed by atoms with Gasteiger partial charge in [0.05, 0.1) is 11.9 Å². The van der Waals surface area contributed by atoms with Gasteiger partial charge in [-0.15, -0.1) is 0 Å². The van der Waals surface area contributed by atoms with Gasteiger partial charge in [0.25, 0.3) is 5.91 Å². The molecule has 23 heavy (non-hydrogen) atoms. The molecule has 1 aliphatic carbocycles. The van der Waals surface area contributed by atoms with Gasteiger partial charge in [-0.1, -0.05) is 6.92 Å². The van der Waals surface area contributed by atoms with Gasteiger partial charge in [0, 0.05) is 34.3 Å². The predicted molar refractivity (Wildman–Crippen MR) is 91.0 cm³/mol. The Balaban J connectivity index is 1.66. The number of carbonyl (C=O) groups excluding carboxylic acids is 2. The van der Waals surface area contributed by atoms with Crippen LogP contribution in [0.2, 0.25) is 0 Å². The van der Waals surface area contributed by atoms with Gasteiger partial charge in [0.15, 0.2) is 0 Å². The Morgan fingerprint density at radius 1 is 1.30 bits per heavy atom. The number of aromatic nitrogens is 1. The van der Waals surface area contributed by atoms with Crippen molar-refractivity contribution in [2.24, 2.45) is 16.8 Å². The third-order valence-corrected chi connectivity index (χ3v) is 4.36. The summed E-state index contributed by atoms with van der Waals surface area (Å²) in [5.41, 5.74) is 1.19. The molecule has 2 unspecified atom stereocenters. The van der Waals surface area contributed by atoms with Crippen molar-refractivity contribution in [3.8, 4) is 0 Å². The second-order valence-electron chi connectivity index (χ2n) is 5.78. The molecule has 0 saturated heterocycles. The molecule has 2 N–H and O–H groups in total. The third-order valence-electron chi connectivity index (χ3n) is 3.93. The maximum atomic E-state index is 12.5. The van der Waals surface area contributed by atoms with Crippen LogP contribution in [0, 0.1) is 11.8 Å². The van der Waals surface area contributed by atoms with Gasteiger partial charge in [-0.25, -0.2) is 0 Å². The number of pyridine rings is 1.